The molecule has 1 atom stereocenters. The highest BCUT2D eigenvalue weighted by atomic mass is 16.5. The summed E-state index contributed by atoms with van der Waals surface area (Å²) < 4.78 is 7.60. The Morgan fingerprint density at radius 1 is 1.23 bits per heavy atom. The molecule has 22 heavy (non-hydrogen) atoms. The topological polar surface area (TPSA) is 43.3 Å². The van der Waals surface area contributed by atoms with Gasteiger partial charge in [-0.1, -0.05) is 32.9 Å². The smallest absolute Gasteiger partial charge is 0.143 e. The summed E-state index contributed by atoms with van der Waals surface area (Å²) in [5.74, 6) is 0.962. The number of rotatable bonds is 1. The van der Waals surface area contributed by atoms with Crippen LogP contribution in [0.15, 0.2) is 35.2 Å². The van der Waals surface area contributed by atoms with Crippen molar-refractivity contribution in [3.63, 3.8) is 0 Å². The molecule has 0 radical (unpaired) electrons. The minimum atomic E-state index is -0.0193. The molecule has 1 unspecified atom stereocenters. The van der Waals surface area contributed by atoms with Gasteiger partial charge in [-0.25, -0.2) is 4.98 Å². The van der Waals surface area contributed by atoms with E-state index in [0.29, 0.717) is 0 Å². The third-order valence-electron chi connectivity index (χ3n) is 4.77. The van der Waals surface area contributed by atoms with E-state index in [2.05, 4.69) is 55.7 Å². The molecule has 0 fully saturated rings. The Hall–Kier alpha value is -2.10. The molecule has 3 aromatic rings. The normalized spacial score (nSPS) is 21.5. The number of aromatic nitrogens is 3. The van der Waals surface area contributed by atoms with E-state index in [0.717, 1.165) is 29.9 Å². The summed E-state index contributed by atoms with van der Waals surface area (Å²) >= 11 is 0. The zero-order chi connectivity index (χ0) is 15.5. The van der Waals surface area contributed by atoms with Crippen molar-refractivity contribution in [3.8, 4) is 0 Å². The molecule has 1 aliphatic rings. The van der Waals surface area contributed by atoms with E-state index in [-0.39, 0.29) is 10.8 Å². The van der Waals surface area contributed by atoms with E-state index < -0.39 is 0 Å². The van der Waals surface area contributed by atoms with Crippen molar-refractivity contribution in [1.29, 1.82) is 0 Å². The maximum Gasteiger partial charge on any atom is 0.143 e. The molecule has 4 rings (SSSR count). The van der Waals surface area contributed by atoms with Crippen LogP contribution in [0.5, 0.6) is 0 Å². The van der Waals surface area contributed by atoms with Gasteiger partial charge < -0.3 is 8.92 Å². The molecule has 0 aromatic carbocycles. The van der Waals surface area contributed by atoms with Gasteiger partial charge in [-0.3, -0.25) is 0 Å². The fourth-order valence-electron chi connectivity index (χ4n) is 3.44. The molecule has 4 nitrogen and oxygen atoms in total. The van der Waals surface area contributed by atoms with Crippen LogP contribution in [0.2, 0.25) is 0 Å². The predicted molar refractivity (Wildman–Crippen MR) is 85.2 cm³/mol. The van der Waals surface area contributed by atoms with Crippen molar-refractivity contribution in [2.75, 3.05) is 0 Å². The summed E-state index contributed by atoms with van der Waals surface area (Å²) in [4.78, 5) is 4.92. The van der Waals surface area contributed by atoms with Crippen molar-refractivity contribution in [2.24, 2.45) is 0 Å². The van der Waals surface area contributed by atoms with E-state index in [1.807, 2.05) is 6.07 Å². The van der Waals surface area contributed by atoms with Crippen LogP contribution < -0.4 is 0 Å². The number of fused-ring (bicyclic) bond motifs is 3. The maximum absolute atomic E-state index is 5.45. The largest absolute Gasteiger partial charge is 0.361 e. The quantitative estimate of drug-likeness (QED) is 0.688. The van der Waals surface area contributed by atoms with E-state index >= 15 is 0 Å². The van der Waals surface area contributed by atoms with E-state index in [9.17, 15) is 0 Å². The van der Waals surface area contributed by atoms with Gasteiger partial charge in [-0.2, -0.15) is 0 Å². The highest BCUT2D eigenvalue weighted by Gasteiger charge is 2.39. The van der Waals surface area contributed by atoms with Gasteiger partial charge in [-0.15, -0.1) is 0 Å². The van der Waals surface area contributed by atoms with E-state index in [1.165, 1.54) is 11.1 Å². The van der Waals surface area contributed by atoms with Crippen LogP contribution in [0.4, 0.5) is 0 Å². The molecule has 0 N–H and O–H groups in total. The third kappa shape index (κ3) is 1.90. The molecular weight excluding hydrogens is 274 g/mol. The number of nitrogens with zero attached hydrogens (tertiary/aromatic N) is 3. The van der Waals surface area contributed by atoms with Gasteiger partial charge in [-0.05, 0) is 30.0 Å². The van der Waals surface area contributed by atoms with Crippen LogP contribution in [-0.2, 0) is 23.7 Å². The van der Waals surface area contributed by atoms with Crippen molar-refractivity contribution in [3.05, 3.63) is 53.3 Å². The lowest BCUT2D eigenvalue weighted by atomic mass is 9.84. The highest BCUT2D eigenvalue weighted by molar-refractivity contribution is 5.57. The second-order valence-electron chi connectivity index (χ2n) is 7.72. The molecule has 1 aliphatic carbocycles. The van der Waals surface area contributed by atoms with Crippen molar-refractivity contribution in [2.45, 2.75) is 51.4 Å². The van der Waals surface area contributed by atoms with Crippen LogP contribution in [0.1, 0.15) is 50.3 Å². The first-order valence-corrected chi connectivity index (χ1v) is 7.78. The SMILES string of the molecule is CC(C)(C)c1cn2ccc3c(c2n1)CC(C)(c1ccno1)C3. The lowest BCUT2D eigenvalue weighted by molar-refractivity contribution is 0.308. The third-order valence-corrected chi connectivity index (χ3v) is 4.77. The standard InChI is InChI=1S/C18H21N3O/c1-17(2,3)14-11-21-8-6-12-9-18(4,15-5-7-19-22-15)10-13(12)16(21)20-14/h5-8,11H,9-10H2,1-4H3. The maximum atomic E-state index is 5.45. The highest BCUT2D eigenvalue weighted by Crippen LogP contribution is 2.41. The predicted octanol–water partition coefficient (Wildman–Crippen LogP) is 3.68. The van der Waals surface area contributed by atoms with Crippen molar-refractivity contribution < 1.29 is 4.52 Å². The molecule has 3 heterocycles. The van der Waals surface area contributed by atoms with Gasteiger partial charge in [0.15, 0.2) is 0 Å². The molecule has 0 saturated heterocycles. The Balaban J connectivity index is 1.84. The summed E-state index contributed by atoms with van der Waals surface area (Å²) in [5, 5.41) is 3.88. The van der Waals surface area contributed by atoms with Gasteiger partial charge in [0.2, 0.25) is 0 Å². The number of hydrogen-bond donors (Lipinski definition) is 0. The Morgan fingerprint density at radius 3 is 2.73 bits per heavy atom. The lowest BCUT2D eigenvalue weighted by Gasteiger charge is -2.19. The molecule has 0 aliphatic heterocycles. The van der Waals surface area contributed by atoms with E-state index in [4.69, 9.17) is 9.51 Å². The average Bonchev–Trinajstić information content (AvgIpc) is 3.14. The number of imidazole rings is 1. The van der Waals surface area contributed by atoms with Crippen LogP contribution in [0, 0.1) is 0 Å². The number of hydrogen-bond acceptors (Lipinski definition) is 3. The fourth-order valence-corrected chi connectivity index (χ4v) is 3.44. The molecule has 3 aromatic heterocycles. The van der Waals surface area contributed by atoms with Crippen molar-refractivity contribution in [1.82, 2.24) is 14.5 Å². The second kappa shape index (κ2) is 4.22. The lowest BCUT2D eigenvalue weighted by Crippen LogP contribution is -2.21. The van der Waals surface area contributed by atoms with Crippen LogP contribution in [0.3, 0.4) is 0 Å². The van der Waals surface area contributed by atoms with Crippen LogP contribution >= 0.6 is 0 Å². The first kappa shape index (κ1) is 13.6. The second-order valence-corrected chi connectivity index (χ2v) is 7.72. The van der Waals surface area contributed by atoms with Crippen LogP contribution in [-0.4, -0.2) is 14.5 Å². The Bertz CT molecular complexity index is 839. The van der Waals surface area contributed by atoms with Gasteiger partial charge in [0.05, 0.1) is 11.9 Å². The number of pyridine rings is 1. The van der Waals surface area contributed by atoms with E-state index in [1.54, 1.807) is 6.20 Å². The first-order chi connectivity index (χ1) is 10.4. The molecule has 0 saturated carbocycles. The Kier molecular flexibility index (Phi) is 2.60. The molecule has 4 heteroatoms. The molecule has 0 bridgehead atoms. The summed E-state index contributed by atoms with van der Waals surface area (Å²) in [6.07, 6.45) is 7.93. The van der Waals surface area contributed by atoms with Gasteiger partial charge >= 0.3 is 0 Å². The molecule has 0 amide bonds. The zero-order valence-electron chi connectivity index (χ0n) is 13.6. The fraction of sp³-hybridized carbons (Fsp3) is 0.444. The Labute approximate surface area is 130 Å². The van der Waals surface area contributed by atoms with Crippen molar-refractivity contribution >= 4 is 5.65 Å². The molecular formula is C18H21N3O. The monoisotopic (exact) mass is 295 g/mol. The molecule has 0 spiro atoms. The summed E-state index contributed by atoms with van der Waals surface area (Å²) in [5.41, 5.74) is 4.98. The van der Waals surface area contributed by atoms with Gasteiger partial charge in [0.25, 0.3) is 0 Å². The molecule has 114 valence electrons. The Morgan fingerprint density at radius 2 is 2.05 bits per heavy atom. The zero-order valence-corrected chi connectivity index (χ0v) is 13.6. The van der Waals surface area contributed by atoms with Crippen LogP contribution in [0.25, 0.3) is 5.65 Å². The summed E-state index contributed by atoms with van der Waals surface area (Å²) in [6.45, 7) is 8.85. The van der Waals surface area contributed by atoms with Gasteiger partial charge in [0.1, 0.15) is 11.4 Å². The average molecular weight is 295 g/mol. The minimum Gasteiger partial charge on any atom is -0.361 e. The summed E-state index contributed by atoms with van der Waals surface area (Å²) in [6, 6.07) is 4.20. The summed E-state index contributed by atoms with van der Waals surface area (Å²) in [7, 11) is 0. The van der Waals surface area contributed by atoms with Gasteiger partial charge in [0, 0.05) is 29.3 Å². The minimum absolute atomic E-state index is 0.0193. The first-order valence-electron chi connectivity index (χ1n) is 7.78.